The number of halogens is 1. The van der Waals surface area contributed by atoms with Gasteiger partial charge in [0.1, 0.15) is 4.90 Å². The van der Waals surface area contributed by atoms with Gasteiger partial charge >= 0.3 is 0 Å². The number of rotatable bonds is 4. The lowest BCUT2D eigenvalue weighted by atomic mass is 10.3. The Hall–Kier alpha value is -1.37. The van der Waals surface area contributed by atoms with Crippen molar-refractivity contribution in [3.05, 3.63) is 46.7 Å². The maximum Gasteiger partial charge on any atom is 0.265 e. The van der Waals surface area contributed by atoms with Gasteiger partial charge in [-0.3, -0.25) is 9.10 Å². The molecule has 7 heteroatoms. The highest BCUT2D eigenvalue weighted by Gasteiger charge is 2.27. The minimum atomic E-state index is -3.79. The zero-order valence-electron chi connectivity index (χ0n) is 9.91. The predicted octanol–water partition coefficient (Wildman–Crippen LogP) is 2.95. The summed E-state index contributed by atoms with van der Waals surface area (Å²) in [6.07, 6.45) is 0. The lowest BCUT2D eigenvalue weighted by Crippen LogP contribution is -2.27. The van der Waals surface area contributed by atoms with Crippen molar-refractivity contribution >= 4 is 43.9 Å². The fraction of sp³-hybridized carbons (Fsp3) is 0.0833. The monoisotopic (exact) mass is 315 g/mol. The van der Waals surface area contributed by atoms with Crippen molar-refractivity contribution in [2.45, 2.75) is 4.90 Å². The van der Waals surface area contributed by atoms with Crippen molar-refractivity contribution in [3.8, 4) is 0 Å². The largest absolute Gasteiger partial charge is 0.276 e. The highest BCUT2D eigenvalue weighted by Crippen LogP contribution is 2.27. The quantitative estimate of drug-likeness (QED) is 0.815. The molecule has 2 rings (SSSR count). The normalized spacial score (nSPS) is 11.3. The molecule has 0 aliphatic rings. The molecule has 1 heterocycles. The van der Waals surface area contributed by atoms with Gasteiger partial charge in [0.25, 0.3) is 15.3 Å². The van der Waals surface area contributed by atoms with Crippen LogP contribution in [-0.4, -0.2) is 20.7 Å². The number of carbonyl (C=O) groups excluding carboxylic acids is 1. The van der Waals surface area contributed by atoms with Crippen molar-refractivity contribution in [3.63, 3.8) is 0 Å². The molecule has 0 N–H and O–H groups in total. The molecule has 19 heavy (non-hydrogen) atoms. The number of benzene rings is 1. The van der Waals surface area contributed by atoms with Crippen molar-refractivity contribution in [2.75, 3.05) is 11.4 Å². The summed E-state index contributed by atoms with van der Waals surface area (Å²) in [5.41, 5.74) is 0.524. The van der Waals surface area contributed by atoms with Gasteiger partial charge in [0.2, 0.25) is 0 Å². The number of anilines is 1. The molecule has 2 aromatic rings. The van der Waals surface area contributed by atoms with Crippen LogP contribution in [0, 0.1) is 0 Å². The highest BCUT2D eigenvalue weighted by molar-refractivity contribution is 7.93. The van der Waals surface area contributed by atoms with E-state index in [1.807, 2.05) is 0 Å². The summed E-state index contributed by atoms with van der Waals surface area (Å²) in [5, 5.41) is 2.06. The number of nitrogens with zero attached hydrogens (tertiary/aromatic N) is 1. The van der Waals surface area contributed by atoms with E-state index in [1.54, 1.807) is 30.3 Å². The second-order valence-corrected chi connectivity index (χ2v) is 6.76. The highest BCUT2D eigenvalue weighted by atomic mass is 35.5. The minimum Gasteiger partial charge on any atom is -0.276 e. The van der Waals surface area contributed by atoms with E-state index in [1.165, 1.54) is 17.8 Å². The molecule has 0 bridgehead atoms. The van der Waals surface area contributed by atoms with Crippen molar-refractivity contribution < 1.29 is 13.2 Å². The van der Waals surface area contributed by atoms with E-state index in [-0.39, 0.29) is 10.5 Å². The van der Waals surface area contributed by atoms with Gasteiger partial charge < -0.3 is 0 Å². The molecule has 0 aliphatic carbocycles. The molecule has 4 nitrogen and oxygen atoms in total. The number of para-hydroxylation sites is 1. The number of hydrogen-bond donors (Lipinski definition) is 0. The van der Waals surface area contributed by atoms with E-state index >= 15 is 0 Å². The number of sulfonamides is 1. The molecule has 1 aromatic heterocycles. The Morgan fingerprint density at radius 1 is 1.21 bits per heavy atom. The first kappa shape index (κ1) is 14.0. The molecular weight excluding hydrogens is 306 g/mol. The lowest BCUT2D eigenvalue weighted by molar-refractivity contribution is 0.107. The molecule has 100 valence electrons. The third-order valence-electron chi connectivity index (χ3n) is 2.60. The Kier molecular flexibility index (Phi) is 3.93. The number of thiophene rings is 1. The molecule has 0 saturated carbocycles. The summed E-state index contributed by atoms with van der Waals surface area (Å²) in [4.78, 5) is 11.2. The predicted molar refractivity (Wildman–Crippen MR) is 76.5 cm³/mol. The van der Waals surface area contributed by atoms with Gasteiger partial charge in [-0.05, 0) is 23.7 Å². The Bertz CT molecular complexity index is 695. The summed E-state index contributed by atoms with van der Waals surface area (Å²) in [7, 11) is -2.35. The van der Waals surface area contributed by atoms with Crippen LogP contribution in [0.5, 0.6) is 0 Å². The van der Waals surface area contributed by atoms with Gasteiger partial charge in [-0.2, -0.15) is 11.3 Å². The van der Waals surface area contributed by atoms with E-state index in [2.05, 4.69) is 0 Å². The fourth-order valence-electron chi connectivity index (χ4n) is 1.55. The second kappa shape index (κ2) is 5.32. The molecule has 0 atom stereocenters. The Balaban J connectivity index is 2.49. The van der Waals surface area contributed by atoms with Gasteiger partial charge in [0.15, 0.2) is 0 Å². The number of carbonyl (C=O) groups is 1. The van der Waals surface area contributed by atoms with E-state index < -0.39 is 15.3 Å². The first-order valence-electron chi connectivity index (χ1n) is 5.24. The van der Waals surface area contributed by atoms with Crippen LogP contribution in [0.4, 0.5) is 5.69 Å². The van der Waals surface area contributed by atoms with Crippen molar-refractivity contribution in [1.29, 1.82) is 0 Å². The van der Waals surface area contributed by atoms with Crippen LogP contribution < -0.4 is 4.31 Å². The Morgan fingerprint density at radius 3 is 2.42 bits per heavy atom. The number of hydrogen-bond acceptors (Lipinski definition) is 4. The summed E-state index contributed by atoms with van der Waals surface area (Å²) in [6.45, 7) is 0. The van der Waals surface area contributed by atoms with Crippen LogP contribution in [0.1, 0.15) is 10.4 Å². The fourth-order valence-corrected chi connectivity index (χ4v) is 4.37. The van der Waals surface area contributed by atoms with Crippen molar-refractivity contribution in [1.82, 2.24) is 0 Å². The van der Waals surface area contributed by atoms with Crippen molar-refractivity contribution in [2.24, 2.45) is 0 Å². The first-order chi connectivity index (χ1) is 8.94. The topological polar surface area (TPSA) is 54.5 Å². The lowest BCUT2D eigenvalue weighted by Gasteiger charge is -2.19. The smallest absolute Gasteiger partial charge is 0.265 e. The zero-order valence-corrected chi connectivity index (χ0v) is 12.3. The minimum absolute atomic E-state index is 0.00875. The second-order valence-electron chi connectivity index (χ2n) is 3.73. The molecule has 0 amide bonds. The third kappa shape index (κ3) is 2.65. The summed E-state index contributed by atoms with van der Waals surface area (Å²) in [5.74, 6) is 0. The van der Waals surface area contributed by atoms with Gasteiger partial charge in [-0.25, -0.2) is 8.42 Å². The van der Waals surface area contributed by atoms with Crippen LogP contribution in [0.2, 0.25) is 0 Å². The van der Waals surface area contributed by atoms with Crippen LogP contribution >= 0.6 is 22.9 Å². The van der Waals surface area contributed by atoms with Gasteiger partial charge in [0.05, 0.1) is 11.3 Å². The van der Waals surface area contributed by atoms with Crippen LogP contribution in [0.15, 0.2) is 46.0 Å². The molecule has 0 saturated heterocycles. The Morgan fingerprint density at radius 2 is 1.84 bits per heavy atom. The summed E-state index contributed by atoms with van der Waals surface area (Å²) >= 11 is 6.51. The third-order valence-corrected chi connectivity index (χ3v) is 5.52. The van der Waals surface area contributed by atoms with Crippen LogP contribution in [0.3, 0.4) is 0 Å². The standard InChI is InChI=1S/C12H10ClNO3S2/c1-14(9-5-3-2-4-6-9)19(16,17)11-8-18-7-10(11)12(13)15/h2-8H,1H3. The molecule has 0 aliphatic heterocycles. The molecule has 0 radical (unpaired) electrons. The Labute approximate surface area is 120 Å². The zero-order chi connectivity index (χ0) is 14.0. The van der Waals surface area contributed by atoms with Gasteiger partial charge in [-0.1, -0.05) is 18.2 Å². The molecule has 1 aromatic carbocycles. The molecule has 0 spiro atoms. The average Bonchev–Trinajstić information content (AvgIpc) is 2.89. The van der Waals surface area contributed by atoms with E-state index in [4.69, 9.17) is 11.6 Å². The van der Waals surface area contributed by atoms with Gasteiger partial charge in [0, 0.05) is 17.8 Å². The summed E-state index contributed by atoms with van der Waals surface area (Å²) < 4.78 is 26.0. The molecule has 0 fully saturated rings. The van der Waals surface area contributed by atoms with Crippen LogP contribution in [-0.2, 0) is 10.0 Å². The molecular formula is C12H10ClNO3S2. The maximum atomic E-state index is 12.4. The van der Waals surface area contributed by atoms with E-state index in [9.17, 15) is 13.2 Å². The maximum absolute atomic E-state index is 12.4. The SMILES string of the molecule is CN(c1ccccc1)S(=O)(=O)c1cscc1C(=O)Cl. The molecule has 0 unspecified atom stereocenters. The summed E-state index contributed by atoms with van der Waals surface area (Å²) in [6, 6.07) is 8.62. The first-order valence-corrected chi connectivity index (χ1v) is 8.00. The van der Waals surface area contributed by atoms with Gasteiger partial charge in [-0.15, -0.1) is 0 Å². The van der Waals surface area contributed by atoms with E-state index in [0.717, 1.165) is 15.6 Å². The van der Waals surface area contributed by atoms with E-state index in [0.29, 0.717) is 5.69 Å². The average molecular weight is 316 g/mol. The van der Waals surface area contributed by atoms with Crippen LogP contribution in [0.25, 0.3) is 0 Å².